The number of ether oxygens (including phenoxy) is 1. The molecule has 2 heteroatoms. The minimum Gasteiger partial charge on any atom is -0.485 e. The van der Waals surface area contributed by atoms with Crippen molar-refractivity contribution in [2.75, 3.05) is 4.90 Å². The first-order valence-electron chi connectivity index (χ1n) is 19.7. The number of anilines is 3. The molecule has 2 saturated carbocycles. The molecule has 1 heterocycles. The van der Waals surface area contributed by atoms with Crippen LogP contribution in [0.1, 0.15) is 80.5 Å². The average molecular weight is 690 g/mol. The third kappa shape index (κ3) is 5.62. The predicted octanol–water partition coefficient (Wildman–Crippen LogP) is 13.7. The van der Waals surface area contributed by atoms with Crippen molar-refractivity contribution in [3.05, 3.63) is 174 Å². The quantitative estimate of drug-likeness (QED) is 0.173. The molecule has 6 aromatic carbocycles. The Hall–Kier alpha value is -5.34. The van der Waals surface area contributed by atoms with Gasteiger partial charge in [0.1, 0.15) is 11.9 Å². The van der Waals surface area contributed by atoms with Crippen LogP contribution in [0, 0.1) is 11.8 Å². The van der Waals surface area contributed by atoms with E-state index in [4.69, 9.17) is 4.74 Å². The van der Waals surface area contributed by atoms with Crippen LogP contribution in [0.15, 0.2) is 152 Å². The summed E-state index contributed by atoms with van der Waals surface area (Å²) in [4.78, 5) is 2.44. The Bertz CT molecular complexity index is 2390. The Balaban J connectivity index is 1.08. The van der Waals surface area contributed by atoms with Crippen LogP contribution >= 0.6 is 0 Å². The fourth-order valence-electron chi connectivity index (χ4n) is 10.0. The van der Waals surface area contributed by atoms with Crippen molar-refractivity contribution in [1.82, 2.24) is 0 Å². The van der Waals surface area contributed by atoms with E-state index in [0.717, 1.165) is 29.0 Å². The summed E-state index contributed by atoms with van der Waals surface area (Å²) in [7, 11) is 0. The molecule has 10 rings (SSSR count). The standard InChI is InChI=1S/C51H47NO/c1-51(2,3)38-23-27-40(28-24-38)52(39-25-20-35(21-26-39)42-15-8-11-34-10-4-5-12-41(34)42)47-16-9-17-49-50(47)46-32-37(22-29-48(46)53-49)43-13-6-7-14-44(43)45-31-33-18-19-36(45)30-33/h4-17,20-29,32-33,36,45-46,48H,18-19,30-31H2,1-3H3. The minimum atomic E-state index is -0.0246. The Morgan fingerprint density at radius 2 is 1.38 bits per heavy atom. The van der Waals surface area contributed by atoms with Crippen LogP contribution < -0.4 is 9.64 Å². The van der Waals surface area contributed by atoms with Gasteiger partial charge in [0, 0.05) is 22.9 Å². The van der Waals surface area contributed by atoms with E-state index in [0.29, 0.717) is 5.92 Å². The molecule has 262 valence electrons. The van der Waals surface area contributed by atoms with Gasteiger partial charge in [-0.25, -0.2) is 0 Å². The second kappa shape index (κ2) is 12.7. The van der Waals surface area contributed by atoms with E-state index in [2.05, 4.69) is 177 Å². The molecule has 6 aromatic rings. The third-order valence-electron chi connectivity index (χ3n) is 12.7. The molecule has 0 N–H and O–H groups in total. The summed E-state index contributed by atoms with van der Waals surface area (Å²) < 4.78 is 6.75. The number of fused-ring (bicyclic) bond motifs is 6. The second-order valence-corrected chi connectivity index (χ2v) is 16.9. The minimum absolute atomic E-state index is 0.0246. The largest absolute Gasteiger partial charge is 0.485 e. The molecule has 0 amide bonds. The fourth-order valence-corrected chi connectivity index (χ4v) is 10.0. The Morgan fingerprint density at radius 3 is 2.15 bits per heavy atom. The zero-order valence-electron chi connectivity index (χ0n) is 31.0. The van der Waals surface area contributed by atoms with Gasteiger partial charge in [-0.2, -0.15) is 0 Å². The summed E-state index contributed by atoms with van der Waals surface area (Å²) in [6, 6.07) is 49.4. The smallest absolute Gasteiger partial charge is 0.128 e. The highest BCUT2D eigenvalue weighted by atomic mass is 16.5. The first-order chi connectivity index (χ1) is 25.9. The zero-order valence-corrected chi connectivity index (χ0v) is 31.0. The van der Waals surface area contributed by atoms with Crippen molar-refractivity contribution in [3.8, 4) is 16.9 Å². The van der Waals surface area contributed by atoms with Crippen LogP contribution in [0.25, 0.3) is 27.5 Å². The van der Waals surface area contributed by atoms with Gasteiger partial charge < -0.3 is 9.64 Å². The predicted molar refractivity (Wildman–Crippen MR) is 222 cm³/mol. The number of hydrogen-bond donors (Lipinski definition) is 0. The van der Waals surface area contributed by atoms with Gasteiger partial charge in [-0.15, -0.1) is 0 Å². The van der Waals surface area contributed by atoms with Crippen LogP contribution in [-0.4, -0.2) is 6.10 Å². The summed E-state index contributed by atoms with van der Waals surface area (Å²) in [5, 5.41) is 2.53. The average Bonchev–Trinajstić information content (AvgIpc) is 3.93. The number of rotatable bonds is 6. The van der Waals surface area contributed by atoms with E-state index in [1.165, 1.54) is 75.5 Å². The van der Waals surface area contributed by atoms with Crippen molar-refractivity contribution in [2.45, 2.75) is 69.8 Å². The second-order valence-electron chi connectivity index (χ2n) is 16.9. The molecule has 2 fully saturated rings. The highest BCUT2D eigenvalue weighted by molar-refractivity contribution is 5.97. The van der Waals surface area contributed by atoms with Gasteiger partial charge in [-0.3, -0.25) is 0 Å². The maximum absolute atomic E-state index is 6.75. The first-order valence-corrected chi connectivity index (χ1v) is 19.7. The molecule has 0 aromatic heterocycles. The molecule has 0 spiro atoms. The zero-order chi connectivity index (χ0) is 35.7. The number of allylic oxidation sites excluding steroid dienone is 2. The fraction of sp³-hybridized carbons (Fsp3) is 0.255. The van der Waals surface area contributed by atoms with E-state index in [9.17, 15) is 0 Å². The monoisotopic (exact) mass is 689 g/mol. The van der Waals surface area contributed by atoms with Gasteiger partial charge in [0.05, 0.1) is 5.69 Å². The molecule has 0 saturated heterocycles. The van der Waals surface area contributed by atoms with Gasteiger partial charge in [-0.05, 0) is 129 Å². The van der Waals surface area contributed by atoms with Gasteiger partial charge in [0.2, 0.25) is 0 Å². The van der Waals surface area contributed by atoms with Gasteiger partial charge in [0.15, 0.2) is 0 Å². The van der Waals surface area contributed by atoms with Crippen molar-refractivity contribution in [3.63, 3.8) is 0 Å². The Labute approximate surface area is 314 Å². The number of nitrogens with zero attached hydrogens (tertiary/aromatic N) is 1. The molecule has 3 aliphatic carbocycles. The number of benzene rings is 6. The van der Waals surface area contributed by atoms with Gasteiger partial charge in [-0.1, -0.05) is 136 Å². The molecule has 2 nitrogen and oxygen atoms in total. The maximum Gasteiger partial charge on any atom is 0.128 e. The van der Waals surface area contributed by atoms with Crippen LogP contribution in [-0.2, 0) is 5.41 Å². The lowest BCUT2D eigenvalue weighted by Crippen LogP contribution is -2.19. The molecule has 2 bridgehead atoms. The number of hydrogen-bond acceptors (Lipinski definition) is 2. The summed E-state index contributed by atoms with van der Waals surface area (Å²) in [5.74, 6) is 3.53. The molecule has 4 aliphatic rings. The summed E-state index contributed by atoms with van der Waals surface area (Å²) in [5.41, 5.74) is 12.9. The maximum atomic E-state index is 6.75. The lowest BCUT2D eigenvalue weighted by molar-refractivity contribution is 0.269. The topological polar surface area (TPSA) is 12.5 Å². The Kier molecular flexibility index (Phi) is 7.72. The van der Waals surface area contributed by atoms with E-state index in [1.807, 2.05) is 0 Å². The molecule has 1 aliphatic heterocycles. The third-order valence-corrected chi connectivity index (χ3v) is 12.7. The molecule has 5 unspecified atom stereocenters. The normalized spacial score (nSPS) is 22.7. The van der Waals surface area contributed by atoms with E-state index in [-0.39, 0.29) is 17.4 Å². The van der Waals surface area contributed by atoms with Crippen molar-refractivity contribution >= 4 is 33.4 Å². The van der Waals surface area contributed by atoms with Crippen molar-refractivity contribution < 1.29 is 4.74 Å². The van der Waals surface area contributed by atoms with Crippen molar-refractivity contribution in [1.29, 1.82) is 0 Å². The van der Waals surface area contributed by atoms with Gasteiger partial charge >= 0.3 is 0 Å². The van der Waals surface area contributed by atoms with Crippen LogP contribution in [0.4, 0.5) is 17.1 Å². The van der Waals surface area contributed by atoms with E-state index in [1.54, 1.807) is 5.56 Å². The SMILES string of the molecule is CC(C)(C)c1ccc(N(c2ccc(-c3cccc4ccccc34)cc2)c2cccc3c2C2C=C(c4ccccc4C4CC5CCC4C5)C=CC2O3)cc1. The Morgan fingerprint density at radius 1 is 0.660 bits per heavy atom. The summed E-state index contributed by atoms with van der Waals surface area (Å²) in [6.45, 7) is 6.84. The highest BCUT2D eigenvalue weighted by Gasteiger charge is 2.42. The molecular weight excluding hydrogens is 643 g/mol. The van der Waals surface area contributed by atoms with Crippen molar-refractivity contribution in [2.24, 2.45) is 11.8 Å². The van der Waals surface area contributed by atoms with E-state index < -0.39 is 0 Å². The molecule has 0 radical (unpaired) electrons. The first kappa shape index (κ1) is 32.3. The molecular formula is C51H47NO. The van der Waals surface area contributed by atoms with Gasteiger partial charge in [0.25, 0.3) is 0 Å². The lowest BCUT2D eigenvalue weighted by Gasteiger charge is -2.30. The van der Waals surface area contributed by atoms with Crippen LogP contribution in [0.3, 0.4) is 0 Å². The van der Waals surface area contributed by atoms with Crippen LogP contribution in [0.2, 0.25) is 0 Å². The van der Waals surface area contributed by atoms with Crippen LogP contribution in [0.5, 0.6) is 5.75 Å². The summed E-state index contributed by atoms with van der Waals surface area (Å²) in [6.07, 6.45) is 12.7. The molecule has 53 heavy (non-hydrogen) atoms. The van der Waals surface area contributed by atoms with E-state index >= 15 is 0 Å². The highest BCUT2D eigenvalue weighted by Crippen LogP contribution is 2.55. The molecule has 5 atom stereocenters. The lowest BCUT2D eigenvalue weighted by atomic mass is 9.78. The summed E-state index contributed by atoms with van der Waals surface area (Å²) >= 11 is 0.